The van der Waals surface area contributed by atoms with Crippen molar-refractivity contribution in [2.45, 2.75) is 13.0 Å². The highest BCUT2D eigenvalue weighted by Gasteiger charge is 2.59. The minimum absolute atomic E-state index is 0.160. The predicted molar refractivity (Wildman–Crippen MR) is 89.3 cm³/mol. The Morgan fingerprint density at radius 2 is 1.80 bits per heavy atom. The summed E-state index contributed by atoms with van der Waals surface area (Å²) >= 11 is 0. The molecule has 1 N–H and O–H groups in total. The number of ether oxygens (including phenoxy) is 1. The van der Waals surface area contributed by atoms with Gasteiger partial charge in [-0.1, -0.05) is 30.4 Å². The van der Waals surface area contributed by atoms with E-state index in [1.807, 2.05) is 36.4 Å². The predicted octanol–water partition coefficient (Wildman–Crippen LogP) is 1.12. The SMILES string of the molecule is COc1ccccc1CNC(=O)CN1C(=O)C2C3C=CC(C3)C2C1=O. The molecule has 1 saturated heterocycles. The Balaban J connectivity index is 1.39. The zero-order chi connectivity index (χ0) is 17.6. The Kier molecular flexibility index (Phi) is 3.82. The maximum absolute atomic E-state index is 12.6. The third-order valence-corrected chi connectivity index (χ3v) is 5.53. The number of benzene rings is 1. The van der Waals surface area contributed by atoms with E-state index >= 15 is 0 Å². The smallest absolute Gasteiger partial charge is 0.240 e. The molecule has 2 fully saturated rings. The van der Waals surface area contributed by atoms with Crippen LogP contribution in [0.3, 0.4) is 0 Å². The molecule has 130 valence electrons. The van der Waals surface area contributed by atoms with Crippen molar-refractivity contribution >= 4 is 17.7 Å². The molecule has 0 aromatic heterocycles. The van der Waals surface area contributed by atoms with Crippen molar-refractivity contribution in [2.24, 2.45) is 23.7 Å². The molecule has 1 saturated carbocycles. The van der Waals surface area contributed by atoms with E-state index in [4.69, 9.17) is 4.74 Å². The van der Waals surface area contributed by atoms with Crippen molar-refractivity contribution in [3.63, 3.8) is 0 Å². The standard InChI is InChI=1S/C19H20N2O4/c1-25-14-5-3-2-4-13(14)9-20-15(22)10-21-18(23)16-11-6-7-12(8-11)17(16)19(21)24/h2-7,11-12,16-17H,8-10H2,1H3,(H,20,22). The third kappa shape index (κ3) is 2.52. The van der Waals surface area contributed by atoms with Crippen molar-refractivity contribution in [2.75, 3.05) is 13.7 Å². The van der Waals surface area contributed by atoms with Crippen molar-refractivity contribution in [3.8, 4) is 5.75 Å². The summed E-state index contributed by atoms with van der Waals surface area (Å²) in [5.41, 5.74) is 0.844. The van der Waals surface area contributed by atoms with Gasteiger partial charge in [-0.05, 0) is 24.3 Å². The molecular formula is C19H20N2O4. The van der Waals surface area contributed by atoms with E-state index < -0.39 is 0 Å². The largest absolute Gasteiger partial charge is 0.496 e. The maximum Gasteiger partial charge on any atom is 0.240 e. The average molecular weight is 340 g/mol. The van der Waals surface area contributed by atoms with Gasteiger partial charge in [0.25, 0.3) is 0 Å². The van der Waals surface area contributed by atoms with Crippen LogP contribution in [0.15, 0.2) is 36.4 Å². The number of carbonyl (C=O) groups excluding carboxylic acids is 3. The number of likely N-dealkylation sites (tertiary alicyclic amines) is 1. The molecule has 6 nitrogen and oxygen atoms in total. The van der Waals surface area contributed by atoms with Crippen LogP contribution in [-0.2, 0) is 20.9 Å². The number of fused-ring (bicyclic) bond motifs is 5. The number of methoxy groups -OCH3 is 1. The van der Waals surface area contributed by atoms with Gasteiger partial charge in [-0.3, -0.25) is 19.3 Å². The number of carbonyl (C=O) groups is 3. The van der Waals surface area contributed by atoms with Crippen LogP contribution >= 0.6 is 0 Å². The number of para-hydroxylation sites is 1. The molecular weight excluding hydrogens is 320 g/mol. The zero-order valence-corrected chi connectivity index (χ0v) is 14.0. The van der Waals surface area contributed by atoms with Gasteiger partial charge in [-0.25, -0.2) is 0 Å². The highest BCUT2D eigenvalue weighted by atomic mass is 16.5. The molecule has 6 heteroatoms. The molecule has 1 aromatic carbocycles. The van der Waals surface area contributed by atoms with E-state index in [-0.39, 0.29) is 47.9 Å². The van der Waals surface area contributed by atoms with Crippen LogP contribution in [0.1, 0.15) is 12.0 Å². The van der Waals surface area contributed by atoms with Crippen LogP contribution in [0.5, 0.6) is 5.75 Å². The number of amides is 3. The molecule has 4 unspecified atom stereocenters. The summed E-state index contributed by atoms with van der Waals surface area (Å²) in [5, 5.41) is 2.76. The van der Waals surface area contributed by atoms with Crippen molar-refractivity contribution in [1.82, 2.24) is 10.2 Å². The molecule has 2 bridgehead atoms. The number of imide groups is 1. The first-order valence-electron chi connectivity index (χ1n) is 8.52. The van der Waals surface area contributed by atoms with Gasteiger partial charge in [-0.15, -0.1) is 0 Å². The molecule has 25 heavy (non-hydrogen) atoms. The second-order valence-corrected chi connectivity index (χ2v) is 6.85. The fourth-order valence-corrected chi connectivity index (χ4v) is 4.36. The van der Waals surface area contributed by atoms with E-state index in [2.05, 4.69) is 5.32 Å². The van der Waals surface area contributed by atoms with Gasteiger partial charge in [0.05, 0.1) is 18.9 Å². The van der Waals surface area contributed by atoms with E-state index in [0.29, 0.717) is 12.3 Å². The molecule has 1 aromatic rings. The third-order valence-electron chi connectivity index (χ3n) is 5.53. The molecule has 1 heterocycles. The second kappa shape index (κ2) is 6.02. The highest BCUT2D eigenvalue weighted by Crippen LogP contribution is 2.52. The van der Waals surface area contributed by atoms with Crippen molar-refractivity contribution < 1.29 is 19.1 Å². The number of nitrogens with zero attached hydrogens (tertiary/aromatic N) is 1. The van der Waals surface area contributed by atoms with Gasteiger partial charge >= 0.3 is 0 Å². The normalized spacial score (nSPS) is 29.2. The van der Waals surface area contributed by atoms with Crippen LogP contribution < -0.4 is 10.1 Å². The van der Waals surface area contributed by atoms with Crippen molar-refractivity contribution in [3.05, 3.63) is 42.0 Å². The van der Waals surface area contributed by atoms with E-state index in [9.17, 15) is 14.4 Å². The number of hydrogen-bond acceptors (Lipinski definition) is 4. The molecule has 0 spiro atoms. The first-order chi connectivity index (χ1) is 12.1. The maximum atomic E-state index is 12.6. The molecule has 4 rings (SSSR count). The minimum atomic E-state index is -0.340. The minimum Gasteiger partial charge on any atom is -0.496 e. The second-order valence-electron chi connectivity index (χ2n) is 6.85. The first kappa shape index (κ1) is 15.9. The quantitative estimate of drug-likeness (QED) is 0.644. The van der Waals surface area contributed by atoms with E-state index in [1.165, 1.54) is 0 Å². The fraction of sp³-hybridized carbons (Fsp3) is 0.421. The van der Waals surface area contributed by atoms with Gasteiger partial charge in [-0.2, -0.15) is 0 Å². The molecule has 2 aliphatic carbocycles. The van der Waals surface area contributed by atoms with Crippen LogP contribution in [0.25, 0.3) is 0 Å². The van der Waals surface area contributed by atoms with Crippen molar-refractivity contribution in [1.29, 1.82) is 0 Å². The Labute approximate surface area is 145 Å². The lowest BCUT2D eigenvalue weighted by Gasteiger charge is -2.17. The Morgan fingerprint density at radius 3 is 2.44 bits per heavy atom. The zero-order valence-electron chi connectivity index (χ0n) is 14.0. The number of hydrogen-bond donors (Lipinski definition) is 1. The Morgan fingerprint density at radius 1 is 1.16 bits per heavy atom. The first-order valence-corrected chi connectivity index (χ1v) is 8.52. The molecule has 0 radical (unpaired) electrons. The van der Waals surface area contributed by atoms with Gasteiger partial charge in [0.15, 0.2) is 0 Å². The van der Waals surface area contributed by atoms with Crippen LogP contribution in [0.2, 0.25) is 0 Å². The lowest BCUT2D eigenvalue weighted by molar-refractivity contribution is -0.144. The summed E-state index contributed by atoms with van der Waals surface area (Å²) in [6.45, 7) is 0.0813. The Bertz CT molecular complexity index is 742. The summed E-state index contributed by atoms with van der Waals surface area (Å²) in [6, 6.07) is 7.40. The monoisotopic (exact) mass is 340 g/mol. The molecule has 3 aliphatic rings. The summed E-state index contributed by atoms with van der Waals surface area (Å²) in [6.07, 6.45) is 4.98. The van der Waals surface area contributed by atoms with Crippen LogP contribution in [-0.4, -0.2) is 36.3 Å². The number of nitrogens with one attached hydrogen (secondary N) is 1. The topological polar surface area (TPSA) is 75.7 Å². The van der Waals surface area contributed by atoms with E-state index in [0.717, 1.165) is 16.9 Å². The Hall–Kier alpha value is -2.63. The molecule has 3 amide bonds. The van der Waals surface area contributed by atoms with Gasteiger partial charge in [0.1, 0.15) is 12.3 Å². The summed E-state index contributed by atoms with van der Waals surface area (Å²) in [7, 11) is 1.57. The average Bonchev–Trinajstić information content (AvgIpc) is 3.30. The van der Waals surface area contributed by atoms with Gasteiger partial charge < -0.3 is 10.1 Å². The highest BCUT2D eigenvalue weighted by molar-refractivity contribution is 6.08. The van der Waals surface area contributed by atoms with Gasteiger partial charge in [0, 0.05) is 12.1 Å². The summed E-state index contributed by atoms with van der Waals surface area (Å²) in [4.78, 5) is 38.5. The van der Waals surface area contributed by atoms with Crippen LogP contribution in [0.4, 0.5) is 0 Å². The summed E-state index contributed by atoms with van der Waals surface area (Å²) in [5.74, 6) is -0.241. The molecule has 4 atom stereocenters. The van der Waals surface area contributed by atoms with E-state index in [1.54, 1.807) is 7.11 Å². The number of rotatable bonds is 5. The lowest BCUT2D eigenvalue weighted by Crippen LogP contribution is -2.41. The summed E-state index contributed by atoms with van der Waals surface area (Å²) < 4.78 is 5.25. The fourth-order valence-electron chi connectivity index (χ4n) is 4.36. The molecule has 1 aliphatic heterocycles. The van der Waals surface area contributed by atoms with Gasteiger partial charge in [0.2, 0.25) is 17.7 Å². The lowest BCUT2D eigenvalue weighted by atomic mass is 9.85. The number of allylic oxidation sites excluding steroid dienone is 2. The van der Waals surface area contributed by atoms with Crippen LogP contribution in [0, 0.1) is 23.7 Å².